The Labute approximate surface area is 135 Å². The van der Waals surface area contributed by atoms with Gasteiger partial charge in [-0.3, -0.25) is 4.57 Å². The van der Waals surface area contributed by atoms with E-state index in [1.807, 2.05) is 35.8 Å². The van der Waals surface area contributed by atoms with E-state index in [0.717, 1.165) is 22.5 Å². The second-order valence-corrected chi connectivity index (χ2v) is 5.96. The lowest BCUT2D eigenvalue weighted by Gasteiger charge is -2.07. The molecule has 0 aliphatic carbocycles. The predicted octanol–water partition coefficient (Wildman–Crippen LogP) is 4.69. The number of benzene rings is 2. The SMILES string of the molecule is CCOc1cccc2c1[nH]c(=S)n2-c1cccc(I)c1. The van der Waals surface area contributed by atoms with Crippen LogP contribution in [-0.4, -0.2) is 16.2 Å². The highest BCUT2D eigenvalue weighted by atomic mass is 127. The van der Waals surface area contributed by atoms with Crippen molar-refractivity contribution >= 4 is 45.8 Å². The molecule has 0 spiro atoms. The number of aromatic nitrogens is 2. The van der Waals surface area contributed by atoms with Gasteiger partial charge in [-0.1, -0.05) is 12.1 Å². The summed E-state index contributed by atoms with van der Waals surface area (Å²) in [5, 5.41) is 0. The Hall–Kier alpha value is -1.34. The number of hydrogen-bond donors (Lipinski definition) is 1. The number of ether oxygens (including phenoxy) is 1. The van der Waals surface area contributed by atoms with Crippen molar-refractivity contribution in [3.05, 3.63) is 50.8 Å². The molecule has 1 heterocycles. The first-order valence-corrected chi connectivity index (χ1v) is 7.82. The summed E-state index contributed by atoms with van der Waals surface area (Å²) in [5.74, 6) is 0.834. The van der Waals surface area contributed by atoms with Crippen LogP contribution in [0.5, 0.6) is 5.75 Å². The first kappa shape index (κ1) is 13.6. The highest BCUT2D eigenvalue weighted by molar-refractivity contribution is 14.1. The van der Waals surface area contributed by atoms with Crippen molar-refractivity contribution in [1.82, 2.24) is 9.55 Å². The number of rotatable bonds is 3. The van der Waals surface area contributed by atoms with Crippen LogP contribution < -0.4 is 4.74 Å². The van der Waals surface area contributed by atoms with E-state index in [9.17, 15) is 0 Å². The molecule has 1 aromatic heterocycles. The molecule has 1 N–H and O–H groups in total. The molecule has 0 aliphatic rings. The van der Waals surface area contributed by atoms with Gasteiger partial charge in [0.2, 0.25) is 0 Å². The molecule has 0 atom stereocenters. The summed E-state index contributed by atoms with van der Waals surface area (Å²) in [6, 6.07) is 14.2. The van der Waals surface area contributed by atoms with Gasteiger partial charge in [0, 0.05) is 9.26 Å². The standard InChI is InChI=1S/C15H13IN2OS/c1-2-19-13-8-4-7-12-14(13)17-15(20)18(12)11-6-3-5-10(16)9-11/h3-9H,2H2,1H3,(H,17,20). The number of nitrogens with one attached hydrogen (secondary N) is 1. The maximum atomic E-state index is 5.65. The van der Waals surface area contributed by atoms with Crippen LogP contribution in [0.1, 0.15) is 6.92 Å². The third-order valence-corrected chi connectivity index (χ3v) is 4.00. The molecule has 0 radical (unpaired) electrons. The minimum Gasteiger partial charge on any atom is -0.492 e. The van der Waals surface area contributed by atoms with E-state index in [2.05, 4.69) is 45.8 Å². The Morgan fingerprint density at radius 2 is 2.05 bits per heavy atom. The molecule has 20 heavy (non-hydrogen) atoms. The van der Waals surface area contributed by atoms with Crippen molar-refractivity contribution in [2.24, 2.45) is 0 Å². The van der Waals surface area contributed by atoms with Crippen molar-refractivity contribution in [2.45, 2.75) is 6.92 Å². The van der Waals surface area contributed by atoms with Crippen LogP contribution in [0.3, 0.4) is 0 Å². The zero-order chi connectivity index (χ0) is 14.1. The maximum Gasteiger partial charge on any atom is 0.182 e. The molecule has 0 amide bonds. The van der Waals surface area contributed by atoms with Crippen LogP contribution in [0, 0.1) is 8.34 Å². The lowest BCUT2D eigenvalue weighted by Crippen LogP contribution is -1.95. The smallest absolute Gasteiger partial charge is 0.182 e. The molecule has 102 valence electrons. The van der Waals surface area contributed by atoms with Gasteiger partial charge in [0.25, 0.3) is 0 Å². The van der Waals surface area contributed by atoms with Gasteiger partial charge in [-0.15, -0.1) is 0 Å². The second kappa shape index (κ2) is 5.57. The maximum absolute atomic E-state index is 5.65. The van der Waals surface area contributed by atoms with Crippen LogP contribution in [0.15, 0.2) is 42.5 Å². The first-order chi connectivity index (χ1) is 9.70. The van der Waals surface area contributed by atoms with Gasteiger partial charge < -0.3 is 9.72 Å². The average molecular weight is 396 g/mol. The molecule has 0 fully saturated rings. The van der Waals surface area contributed by atoms with Gasteiger partial charge >= 0.3 is 0 Å². The summed E-state index contributed by atoms with van der Waals surface area (Å²) in [5.41, 5.74) is 3.03. The molecule has 0 aliphatic heterocycles. The number of fused-ring (bicyclic) bond motifs is 1. The van der Waals surface area contributed by atoms with Gasteiger partial charge in [-0.05, 0) is 72.1 Å². The van der Waals surface area contributed by atoms with Crippen LogP contribution in [-0.2, 0) is 0 Å². The molecule has 2 aromatic carbocycles. The summed E-state index contributed by atoms with van der Waals surface area (Å²) in [7, 11) is 0. The summed E-state index contributed by atoms with van der Waals surface area (Å²) in [4.78, 5) is 3.25. The molecular formula is C15H13IN2OS. The van der Waals surface area contributed by atoms with Crippen LogP contribution in [0.25, 0.3) is 16.7 Å². The van der Waals surface area contributed by atoms with Crippen LogP contribution in [0.2, 0.25) is 0 Å². The summed E-state index contributed by atoms with van der Waals surface area (Å²) < 4.78 is 9.54. The highest BCUT2D eigenvalue weighted by Gasteiger charge is 2.10. The van der Waals surface area contributed by atoms with E-state index >= 15 is 0 Å². The number of aromatic amines is 1. The summed E-state index contributed by atoms with van der Waals surface area (Å²) in [6.07, 6.45) is 0. The van der Waals surface area contributed by atoms with E-state index in [-0.39, 0.29) is 0 Å². The summed E-state index contributed by atoms with van der Waals surface area (Å²) >= 11 is 7.77. The van der Waals surface area contributed by atoms with E-state index in [1.54, 1.807) is 0 Å². The second-order valence-electron chi connectivity index (χ2n) is 4.33. The molecule has 0 unspecified atom stereocenters. The topological polar surface area (TPSA) is 29.9 Å². The fraction of sp³-hybridized carbons (Fsp3) is 0.133. The Balaban J connectivity index is 2.29. The van der Waals surface area contributed by atoms with Gasteiger partial charge in [-0.25, -0.2) is 0 Å². The van der Waals surface area contributed by atoms with E-state index in [0.29, 0.717) is 11.4 Å². The van der Waals surface area contributed by atoms with Crippen LogP contribution in [0.4, 0.5) is 0 Å². The Morgan fingerprint density at radius 1 is 1.25 bits per heavy atom. The van der Waals surface area contributed by atoms with Crippen LogP contribution >= 0.6 is 34.8 Å². The van der Waals surface area contributed by atoms with Crippen molar-refractivity contribution in [1.29, 1.82) is 0 Å². The minimum atomic E-state index is 0.633. The van der Waals surface area contributed by atoms with Gasteiger partial charge in [0.15, 0.2) is 4.77 Å². The average Bonchev–Trinajstić information content (AvgIpc) is 2.76. The number of para-hydroxylation sites is 1. The molecule has 0 saturated carbocycles. The highest BCUT2D eigenvalue weighted by Crippen LogP contribution is 2.27. The van der Waals surface area contributed by atoms with E-state index in [1.165, 1.54) is 3.57 Å². The zero-order valence-electron chi connectivity index (χ0n) is 10.9. The number of halogens is 1. The lowest BCUT2D eigenvalue weighted by atomic mass is 10.2. The van der Waals surface area contributed by atoms with Gasteiger partial charge in [-0.2, -0.15) is 0 Å². The van der Waals surface area contributed by atoms with E-state index in [4.69, 9.17) is 17.0 Å². The van der Waals surface area contributed by atoms with E-state index < -0.39 is 0 Å². The molecule has 0 saturated heterocycles. The van der Waals surface area contributed by atoms with Gasteiger partial charge in [0.1, 0.15) is 11.3 Å². The number of imidazole rings is 1. The molecule has 3 rings (SSSR count). The normalized spacial score (nSPS) is 10.9. The van der Waals surface area contributed by atoms with Gasteiger partial charge in [0.05, 0.1) is 12.1 Å². The third-order valence-electron chi connectivity index (χ3n) is 3.05. The molecule has 5 heteroatoms. The monoisotopic (exact) mass is 396 g/mol. The van der Waals surface area contributed by atoms with Crippen molar-refractivity contribution in [3.8, 4) is 11.4 Å². The minimum absolute atomic E-state index is 0.633. The van der Waals surface area contributed by atoms with Crippen molar-refractivity contribution < 1.29 is 4.74 Å². The Morgan fingerprint density at radius 3 is 2.80 bits per heavy atom. The molecule has 3 aromatic rings. The number of hydrogen-bond acceptors (Lipinski definition) is 2. The number of H-pyrrole nitrogens is 1. The predicted molar refractivity (Wildman–Crippen MR) is 92.3 cm³/mol. The quantitative estimate of drug-likeness (QED) is 0.514. The van der Waals surface area contributed by atoms with Crippen molar-refractivity contribution in [3.63, 3.8) is 0 Å². The fourth-order valence-corrected chi connectivity index (χ4v) is 3.08. The summed E-state index contributed by atoms with van der Waals surface area (Å²) in [6.45, 7) is 2.61. The first-order valence-electron chi connectivity index (χ1n) is 6.33. The third kappa shape index (κ3) is 2.35. The molecule has 3 nitrogen and oxygen atoms in total. The largest absolute Gasteiger partial charge is 0.492 e. The lowest BCUT2D eigenvalue weighted by molar-refractivity contribution is 0.343. The Bertz CT molecular complexity index is 822. The molecule has 0 bridgehead atoms. The number of nitrogens with zero attached hydrogens (tertiary/aromatic N) is 1. The zero-order valence-corrected chi connectivity index (χ0v) is 13.9. The molecular weight excluding hydrogens is 383 g/mol. The van der Waals surface area contributed by atoms with Crippen molar-refractivity contribution in [2.75, 3.05) is 6.61 Å². The Kier molecular flexibility index (Phi) is 3.80. The fourth-order valence-electron chi connectivity index (χ4n) is 2.25.